The Labute approximate surface area is 175 Å². The molecule has 0 aliphatic carbocycles. The molecule has 2 atom stereocenters. The summed E-state index contributed by atoms with van der Waals surface area (Å²) in [7, 11) is 0. The molecule has 0 saturated carbocycles. The summed E-state index contributed by atoms with van der Waals surface area (Å²) in [4.78, 5) is 23.9. The molecule has 1 unspecified atom stereocenters. The van der Waals surface area contributed by atoms with Gasteiger partial charge in [0.25, 0.3) is 0 Å². The minimum atomic E-state index is -0.213. The molecular weight excluding hydrogens is 381 g/mol. The maximum Gasteiger partial charge on any atom is 0.236 e. The van der Waals surface area contributed by atoms with Crippen LogP contribution >= 0.6 is 0 Å². The summed E-state index contributed by atoms with van der Waals surface area (Å²) in [6.07, 6.45) is 3.74. The smallest absolute Gasteiger partial charge is 0.236 e. The average Bonchev–Trinajstić information content (AvgIpc) is 3.00. The molecule has 0 N–H and O–H groups in total. The number of fused-ring (bicyclic) bond motifs is 2. The summed E-state index contributed by atoms with van der Waals surface area (Å²) in [6.45, 7) is 3.60. The van der Waals surface area contributed by atoms with E-state index >= 15 is 0 Å². The van der Waals surface area contributed by atoms with E-state index in [0.29, 0.717) is 18.0 Å². The second-order valence-electron chi connectivity index (χ2n) is 8.55. The highest BCUT2D eigenvalue weighted by Crippen LogP contribution is 2.34. The first-order chi connectivity index (χ1) is 14.6. The number of piperazine rings is 1. The van der Waals surface area contributed by atoms with Crippen LogP contribution in [0.25, 0.3) is 0 Å². The van der Waals surface area contributed by atoms with Crippen LogP contribution in [0.1, 0.15) is 29.9 Å². The average molecular weight is 405 g/mol. The molecule has 1 aromatic carbocycles. The molecule has 1 aromatic heterocycles. The number of nitriles is 1. The number of pyridine rings is 1. The van der Waals surface area contributed by atoms with Gasteiger partial charge in [-0.05, 0) is 42.7 Å². The van der Waals surface area contributed by atoms with Gasteiger partial charge < -0.3 is 9.80 Å². The van der Waals surface area contributed by atoms with Crippen molar-refractivity contribution in [3.63, 3.8) is 0 Å². The standard InChI is InChI=1S/C23H24FN5O/c24-19-4-2-17(3-5-19)18-11-27(12-18)15-23(30)28-13-20-6-7-21(14-28)29(20)22-8-1-16(9-25)10-26-22/h1-5,8,10,18,20-21H,6-7,11-15H2/t20-,21?/m0/s1. The van der Waals surface area contributed by atoms with Gasteiger partial charge in [-0.25, -0.2) is 9.37 Å². The first-order valence-electron chi connectivity index (χ1n) is 10.5. The molecule has 0 spiro atoms. The molecule has 4 heterocycles. The Morgan fingerprint density at radius 3 is 2.37 bits per heavy atom. The van der Waals surface area contributed by atoms with Crippen molar-refractivity contribution in [2.24, 2.45) is 0 Å². The van der Waals surface area contributed by atoms with Crippen LogP contribution < -0.4 is 4.90 Å². The van der Waals surface area contributed by atoms with Crippen LogP contribution in [0.15, 0.2) is 42.6 Å². The first-order valence-corrected chi connectivity index (χ1v) is 10.5. The van der Waals surface area contributed by atoms with E-state index in [-0.39, 0.29) is 23.8 Å². The van der Waals surface area contributed by atoms with Crippen molar-refractivity contribution in [3.8, 4) is 6.07 Å². The largest absolute Gasteiger partial charge is 0.347 e. The Hall–Kier alpha value is -2.98. The van der Waals surface area contributed by atoms with Gasteiger partial charge >= 0.3 is 0 Å². The molecule has 3 aliphatic heterocycles. The van der Waals surface area contributed by atoms with E-state index in [1.54, 1.807) is 12.3 Å². The maximum absolute atomic E-state index is 13.1. The molecule has 2 aromatic rings. The Kier molecular flexibility index (Phi) is 4.87. The van der Waals surface area contributed by atoms with Gasteiger partial charge in [-0.1, -0.05) is 12.1 Å². The van der Waals surface area contributed by atoms with E-state index in [0.717, 1.165) is 50.4 Å². The van der Waals surface area contributed by atoms with E-state index < -0.39 is 0 Å². The van der Waals surface area contributed by atoms with Gasteiger partial charge in [0.2, 0.25) is 5.91 Å². The highest BCUT2D eigenvalue weighted by molar-refractivity contribution is 5.79. The first kappa shape index (κ1) is 19.0. The zero-order valence-corrected chi connectivity index (χ0v) is 16.7. The van der Waals surface area contributed by atoms with Crippen LogP contribution in [0.5, 0.6) is 0 Å². The van der Waals surface area contributed by atoms with Crippen LogP contribution in [-0.4, -0.2) is 65.5 Å². The predicted molar refractivity (Wildman–Crippen MR) is 110 cm³/mol. The Morgan fingerprint density at radius 2 is 1.77 bits per heavy atom. The lowest BCUT2D eigenvalue weighted by Gasteiger charge is -2.44. The number of aromatic nitrogens is 1. The second kappa shape index (κ2) is 7.69. The van der Waals surface area contributed by atoms with Crippen molar-refractivity contribution in [2.45, 2.75) is 30.8 Å². The maximum atomic E-state index is 13.1. The van der Waals surface area contributed by atoms with Gasteiger partial charge in [-0.3, -0.25) is 9.69 Å². The molecule has 3 aliphatic rings. The summed E-state index contributed by atoms with van der Waals surface area (Å²) in [5.41, 5.74) is 1.70. The van der Waals surface area contributed by atoms with Crippen LogP contribution in [-0.2, 0) is 4.79 Å². The number of nitrogens with zero attached hydrogens (tertiary/aromatic N) is 5. The lowest BCUT2D eigenvalue weighted by Crippen LogP contribution is -2.58. The van der Waals surface area contributed by atoms with Gasteiger partial charge in [0.15, 0.2) is 0 Å². The number of anilines is 1. The number of rotatable bonds is 4. The van der Waals surface area contributed by atoms with Crippen LogP contribution in [0.3, 0.4) is 0 Å². The van der Waals surface area contributed by atoms with Crippen molar-refractivity contribution in [3.05, 3.63) is 59.5 Å². The van der Waals surface area contributed by atoms with E-state index in [1.807, 2.05) is 23.1 Å². The third-order valence-corrected chi connectivity index (χ3v) is 6.63. The Bertz CT molecular complexity index is 951. The number of hydrogen-bond acceptors (Lipinski definition) is 5. The third-order valence-electron chi connectivity index (χ3n) is 6.63. The minimum absolute atomic E-state index is 0.192. The number of amides is 1. The molecule has 1 amide bonds. The van der Waals surface area contributed by atoms with E-state index in [4.69, 9.17) is 5.26 Å². The highest BCUT2D eigenvalue weighted by atomic mass is 19.1. The second-order valence-corrected chi connectivity index (χ2v) is 8.55. The fourth-order valence-corrected chi connectivity index (χ4v) is 5.02. The monoisotopic (exact) mass is 405 g/mol. The van der Waals surface area contributed by atoms with Crippen LogP contribution in [0.2, 0.25) is 0 Å². The van der Waals surface area contributed by atoms with Crippen molar-refractivity contribution in [1.29, 1.82) is 5.26 Å². The molecular formula is C23H24FN5O. The number of halogens is 1. The van der Waals surface area contributed by atoms with E-state index in [1.165, 1.54) is 12.1 Å². The Balaban J connectivity index is 1.16. The van der Waals surface area contributed by atoms with Gasteiger partial charge in [0.05, 0.1) is 12.1 Å². The van der Waals surface area contributed by atoms with Crippen molar-refractivity contribution >= 4 is 11.7 Å². The zero-order valence-electron chi connectivity index (χ0n) is 16.7. The number of carbonyl (C=O) groups excluding carboxylic acids is 1. The normalized spacial score (nSPS) is 23.9. The molecule has 3 fully saturated rings. The van der Waals surface area contributed by atoms with Crippen LogP contribution in [0, 0.1) is 17.1 Å². The fourth-order valence-electron chi connectivity index (χ4n) is 5.02. The zero-order chi connectivity index (χ0) is 20.7. The summed E-state index contributed by atoms with van der Waals surface area (Å²) < 4.78 is 13.1. The van der Waals surface area contributed by atoms with Crippen molar-refractivity contribution < 1.29 is 9.18 Å². The third kappa shape index (κ3) is 3.52. The molecule has 5 rings (SSSR count). The number of carbonyl (C=O) groups is 1. The van der Waals surface area contributed by atoms with Crippen molar-refractivity contribution in [2.75, 3.05) is 37.6 Å². The molecule has 7 heteroatoms. The Morgan fingerprint density at radius 1 is 1.07 bits per heavy atom. The number of benzene rings is 1. The topological polar surface area (TPSA) is 63.5 Å². The molecule has 30 heavy (non-hydrogen) atoms. The van der Waals surface area contributed by atoms with E-state index in [2.05, 4.69) is 20.9 Å². The van der Waals surface area contributed by atoms with Crippen LogP contribution in [0.4, 0.5) is 10.2 Å². The van der Waals surface area contributed by atoms with E-state index in [9.17, 15) is 9.18 Å². The summed E-state index contributed by atoms with van der Waals surface area (Å²) in [6, 6.07) is 13.1. The number of likely N-dealkylation sites (tertiary alicyclic amines) is 2. The van der Waals surface area contributed by atoms with Gasteiger partial charge in [-0.15, -0.1) is 0 Å². The fraction of sp³-hybridized carbons (Fsp3) is 0.435. The van der Waals surface area contributed by atoms with Crippen molar-refractivity contribution in [1.82, 2.24) is 14.8 Å². The highest BCUT2D eigenvalue weighted by Gasteiger charge is 2.42. The number of hydrogen-bond donors (Lipinski definition) is 0. The molecule has 6 nitrogen and oxygen atoms in total. The lowest BCUT2D eigenvalue weighted by molar-refractivity contribution is -0.134. The summed E-state index contributed by atoms with van der Waals surface area (Å²) in [5, 5.41) is 8.97. The summed E-state index contributed by atoms with van der Waals surface area (Å²) >= 11 is 0. The minimum Gasteiger partial charge on any atom is -0.347 e. The van der Waals surface area contributed by atoms with Gasteiger partial charge in [-0.2, -0.15) is 5.26 Å². The SMILES string of the molecule is N#Cc1ccc(N2C3CC[C@H]2CN(C(=O)CN2CC(c4ccc(F)cc4)C2)C3)nc1. The van der Waals surface area contributed by atoms with Gasteiger partial charge in [0, 0.05) is 50.4 Å². The molecule has 2 bridgehead atoms. The summed E-state index contributed by atoms with van der Waals surface area (Å²) in [5.74, 6) is 1.26. The molecule has 0 radical (unpaired) electrons. The lowest BCUT2D eigenvalue weighted by atomic mass is 9.91. The predicted octanol–water partition coefficient (Wildman–Crippen LogP) is 2.37. The molecule has 154 valence electrons. The quantitative estimate of drug-likeness (QED) is 0.782. The molecule has 3 saturated heterocycles. The van der Waals surface area contributed by atoms with Gasteiger partial charge in [0.1, 0.15) is 17.7 Å².